The van der Waals surface area contributed by atoms with Crippen molar-refractivity contribution in [2.75, 3.05) is 32.1 Å². The van der Waals surface area contributed by atoms with Crippen LogP contribution in [-0.4, -0.2) is 49.4 Å². The second-order valence-electron chi connectivity index (χ2n) is 6.38. The molecule has 2 aliphatic rings. The molecule has 0 bridgehead atoms. The summed E-state index contributed by atoms with van der Waals surface area (Å²) in [5.74, 6) is 0.648. The molecule has 1 saturated heterocycles. The standard InChI is InChI=1S/C18H24N4O3/c1-25-15-7-5-14(6-8-15)20-16(23)11-13-12-19-18(21-17(13)24)22-9-3-2-4-10-22/h5-8,13H,2-4,9-12H2,1H3,(H,20,23)(H,19,21,24). The van der Waals surface area contributed by atoms with Gasteiger partial charge in [0.25, 0.3) is 0 Å². The summed E-state index contributed by atoms with van der Waals surface area (Å²) in [7, 11) is 1.59. The number of nitrogens with zero attached hydrogens (tertiary/aromatic N) is 2. The molecule has 2 heterocycles. The van der Waals surface area contributed by atoms with E-state index in [0.717, 1.165) is 31.7 Å². The van der Waals surface area contributed by atoms with E-state index in [9.17, 15) is 9.59 Å². The Kier molecular flexibility index (Phi) is 5.53. The zero-order valence-corrected chi connectivity index (χ0v) is 14.5. The molecule has 0 spiro atoms. The average Bonchev–Trinajstić information content (AvgIpc) is 2.65. The number of guanidine groups is 1. The van der Waals surface area contributed by atoms with Crippen LogP contribution in [0.3, 0.4) is 0 Å². The van der Waals surface area contributed by atoms with E-state index in [1.807, 2.05) is 0 Å². The number of anilines is 1. The molecule has 2 aliphatic heterocycles. The monoisotopic (exact) mass is 344 g/mol. The van der Waals surface area contributed by atoms with Crippen LogP contribution in [-0.2, 0) is 9.59 Å². The van der Waals surface area contributed by atoms with Crippen LogP contribution >= 0.6 is 0 Å². The fourth-order valence-corrected chi connectivity index (χ4v) is 3.08. The summed E-state index contributed by atoms with van der Waals surface area (Å²) in [4.78, 5) is 31.1. The third-order valence-electron chi connectivity index (χ3n) is 4.53. The van der Waals surface area contributed by atoms with Crippen molar-refractivity contribution in [1.82, 2.24) is 10.2 Å². The van der Waals surface area contributed by atoms with Gasteiger partial charge in [-0.1, -0.05) is 0 Å². The maximum Gasteiger partial charge on any atom is 0.232 e. The first-order valence-corrected chi connectivity index (χ1v) is 8.70. The molecule has 1 aromatic carbocycles. The molecule has 0 aromatic heterocycles. The van der Waals surface area contributed by atoms with Crippen LogP contribution in [0.5, 0.6) is 5.75 Å². The number of ether oxygens (including phenoxy) is 1. The number of piperidine rings is 1. The number of amides is 2. The molecule has 25 heavy (non-hydrogen) atoms. The number of benzene rings is 1. The number of nitrogens with one attached hydrogen (secondary N) is 2. The van der Waals surface area contributed by atoms with Gasteiger partial charge in [-0.05, 0) is 43.5 Å². The van der Waals surface area contributed by atoms with Gasteiger partial charge in [-0.25, -0.2) is 0 Å². The van der Waals surface area contributed by atoms with Crippen LogP contribution in [0.2, 0.25) is 0 Å². The van der Waals surface area contributed by atoms with Crippen LogP contribution in [0, 0.1) is 5.92 Å². The van der Waals surface area contributed by atoms with E-state index in [1.165, 1.54) is 6.42 Å². The quantitative estimate of drug-likeness (QED) is 0.869. The van der Waals surface area contributed by atoms with E-state index >= 15 is 0 Å². The first-order chi connectivity index (χ1) is 12.2. The fraction of sp³-hybridized carbons (Fsp3) is 0.500. The van der Waals surface area contributed by atoms with E-state index in [-0.39, 0.29) is 18.2 Å². The Balaban J connectivity index is 1.53. The SMILES string of the molecule is COc1ccc(NC(=O)CC2CN=C(N3CCCCC3)NC2=O)cc1. The van der Waals surface area contributed by atoms with Gasteiger partial charge < -0.3 is 15.0 Å². The van der Waals surface area contributed by atoms with Gasteiger partial charge in [-0.15, -0.1) is 0 Å². The largest absolute Gasteiger partial charge is 0.497 e. The van der Waals surface area contributed by atoms with Crippen molar-refractivity contribution in [2.24, 2.45) is 10.9 Å². The van der Waals surface area contributed by atoms with Gasteiger partial charge in [0.1, 0.15) is 5.75 Å². The predicted molar refractivity (Wildman–Crippen MR) is 95.6 cm³/mol. The average molecular weight is 344 g/mol. The Morgan fingerprint density at radius 2 is 2.00 bits per heavy atom. The number of hydrogen-bond donors (Lipinski definition) is 2. The van der Waals surface area contributed by atoms with Crippen molar-refractivity contribution in [3.63, 3.8) is 0 Å². The summed E-state index contributed by atoms with van der Waals surface area (Å²) in [6, 6.07) is 7.09. The summed E-state index contributed by atoms with van der Waals surface area (Å²) in [6.07, 6.45) is 3.60. The lowest BCUT2D eigenvalue weighted by molar-refractivity contribution is -0.127. The van der Waals surface area contributed by atoms with Crippen molar-refractivity contribution in [2.45, 2.75) is 25.7 Å². The van der Waals surface area contributed by atoms with Crippen LogP contribution in [0.25, 0.3) is 0 Å². The Morgan fingerprint density at radius 1 is 1.28 bits per heavy atom. The molecule has 0 aliphatic carbocycles. The number of carbonyl (C=O) groups is 2. The third-order valence-corrected chi connectivity index (χ3v) is 4.53. The minimum Gasteiger partial charge on any atom is -0.497 e. The van der Waals surface area contributed by atoms with E-state index in [2.05, 4.69) is 20.5 Å². The maximum absolute atomic E-state index is 12.3. The summed E-state index contributed by atoms with van der Waals surface area (Å²) in [5.41, 5.74) is 0.680. The smallest absolute Gasteiger partial charge is 0.232 e. The van der Waals surface area contributed by atoms with Crippen molar-refractivity contribution >= 4 is 23.5 Å². The Morgan fingerprint density at radius 3 is 2.64 bits per heavy atom. The van der Waals surface area contributed by atoms with Gasteiger partial charge in [0.05, 0.1) is 19.6 Å². The van der Waals surface area contributed by atoms with Gasteiger partial charge in [0.15, 0.2) is 0 Å². The maximum atomic E-state index is 12.3. The van der Waals surface area contributed by atoms with Crippen LogP contribution in [0.4, 0.5) is 5.69 Å². The fourth-order valence-electron chi connectivity index (χ4n) is 3.08. The molecule has 3 rings (SSSR count). The lowest BCUT2D eigenvalue weighted by atomic mass is 10.0. The predicted octanol–water partition coefficient (Wildman–Crippen LogP) is 1.61. The normalized spacial score (nSPS) is 20.5. The first-order valence-electron chi connectivity index (χ1n) is 8.70. The zero-order chi connectivity index (χ0) is 17.6. The third kappa shape index (κ3) is 4.49. The van der Waals surface area contributed by atoms with Crippen molar-refractivity contribution < 1.29 is 14.3 Å². The number of hydrogen-bond acceptors (Lipinski definition) is 5. The van der Waals surface area contributed by atoms with Crippen molar-refractivity contribution in [3.8, 4) is 5.75 Å². The number of rotatable bonds is 4. The van der Waals surface area contributed by atoms with Gasteiger partial charge in [-0.2, -0.15) is 0 Å². The lowest BCUT2D eigenvalue weighted by Crippen LogP contribution is -2.51. The summed E-state index contributed by atoms with van der Waals surface area (Å²) in [5, 5.41) is 5.66. The Labute approximate surface area is 147 Å². The van der Waals surface area contributed by atoms with Crippen molar-refractivity contribution in [1.29, 1.82) is 0 Å². The van der Waals surface area contributed by atoms with E-state index < -0.39 is 5.92 Å². The number of aliphatic imine (C=N–C) groups is 1. The van der Waals surface area contributed by atoms with E-state index in [4.69, 9.17) is 4.74 Å². The molecule has 134 valence electrons. The highest BCUT2D eigenvalue weighted by Gasteiger charge is 2.29. The first kappa shape index (κ1) is 17.3. The summed E-state index contributed by atoms with van der Waals surface area (Å²) < 4.78 is 5.09. The zero-order valence-electron chi connectivity index (χ0n) is 14.5. The molecule has 1 unspecified atom stereocenters. The second-order valence-corrected chi connectivity index (χ2v) is 6.38. The van der Waals surface area contributed by atoms with Crippen molar-refractivity contribution in [3.05, 3.63) is 24.3 Å². The highest BCUT2D eigenvalue weighted by molar-refractivity contribution is 6.02. The second kappa shape index (κ2) is 8.00. The number of carbonyl (C=O) groups excluding carboxylic acids is 2. The van der Waals surface area contributed by atoms with Gasteiger partial charge >= 0.3 is 0 Å². The molecular weight excluding hydrogens is 320 g/mol. The topological polar surface area (TPSA) is 83.0 Å². The lowest BCUT2D eigenvalue weighted by Gasteiger charge is -2.32. The molecule has 7 nitrogen and oxygen atoms in total. The number of methoxy groups -OCH3 is 1. The molecule has 0 saturated carbocycles. The molecule has 1 fully saturated rings. The van der Waals surface area contributed by atoms with Crippen LogP contribution in [0.1, 0.15) is 25.7 Å². The van der Waals surface area contributed by atoms with Crippen LogP contribution < -0.4 is 15.4 Å². The molecule has 0 radical (unpaired) electrons. The molecule has 1 aromatic rings. The minimum atomic E-state index is -0.424. The van der Waals surface area contributed by atoms with Gasteiger partial charge in [0, 0.05) is 25.2 Å². The number of likely N-dealkylation sites (tertiary alicyclic amines) is 1. The molecule has 2 N–H and O–H groups in total. The highest BCUT2D eigenvalue weighted by atomic mass is 16.5. The molecular formula is C18H24N4O3. The van der Waals surface area contributed by atoms with E-state index in [0.29, 0.717) is 18.2 Å². The van der Waals surface area contributed by atoms with Gasteiger partial charge in [0.2, 0.25) is 17.8 Å². The molecule has 1 atom stereocenters. The highest BCUT2D eigenvalue weighted by Crippen LogP contribution is 2.17. The van der Waals surface area contributed by atoms with E-state index in [1.54, 1.807) is 31.4 Å². The summed E-state index contributed by atoms with van der Waals surface area (Å²) in [6.45, 7) is 2.22. The summed E-state index contributed by atoms with van der Waals surface area (Å²) >= 11 is 0. The Bertz CT molecular complexity index is 651. The minimum absolute atomic E-state index is 0.120. The molecule has 7 heteroatoms. The van der Waals surface area contributed by atoms with Crippen LogP contribution in [0.15, 0.2) is 29.3 Å². The molecule has 2 amide bonds. The van der Waals surface area contributed by atoms with Gasteiger partial charge in [-0.3, -0.25) is 19.9 Å². The Hall–Kier alpha value is -2.57.